The number of hydrogen-bond acceptors (Lipinski definition) is 4. The zero-order chi connectivity index (χ0) is 14.4. The first-order chi connectivity index (χ1) is 9.69. The maximum atomic E-state index is 10.1. The monoisotopic (exact) mass is 278 g/mol. The van der Waals surface area contributed by atoms with Crippen LogP contribution in [0.2, 0.25) is 0 Å². The van der Waals surface area contributed by atoms with Crippen LogP contribution in [0.5, 0.6) is 5.75 Å². The summed E-state index contributed by atoms with van der Waals surface area (Å²) in [5, 5.41) is 10.1. The molecule has 0 spiro atoms. The van der Waals surface area contributed by atoms with Gasteiger partial charge in [-0.15, -0.1) is 0 Å². The second-order valence-corrected chi connectivity index (χ2v) is 5.69. The van der Waals surface area contributed by atoms with Crippen molar-refractivity contribution in [3.8, 4) is 5.75 Å². The van der Waals surface area contributed by atoms with E-state index >= 15 is 0 Å². The van der Waals surface area contributed by atoms with Crippen LogP contribution in [0.4, 0.5) is 0 Å². The van der Waals surface area contributed by atoms with Crippen LogP contribution >= 0.6 is 0 Å². The summed E-state index contributed by atoms with van der Waals surface area (Å²) in [6.45, 7) is 1.50. The quantitative estimate of drug-likeness (QED) is 0.798. The van der Waals surface area contributed by atoms with Crippen LogP contribution in [0.3, 0.4) is 0 Å². The first-order valence-electron chi connectivity index (χ1n) is 7.49. The second-order valence-electron chi connectivity index (χ2n) is 5.69. The van der Waals surface area contributed by atoms with Gasteiger partial charge in [0.15, 0.2) is 0 Å². The Morgan fingerprint density at radius 3 is 2.85 bits per heavy atom. The van der Waals surface area contributed by atoms with Crippen molar-refractivity contribution < 1.29 is 9.84 Å². The topological polar surface area (TPSA) is 58.7 Å². The first-order valence-corrected chi connectivity index (χ1v) is 7.49. The maximum absolute atomic E-state index is 10.1. The predicted octanol–water partition coefficient (Wildman–Crippen LogP) is 1.76. The van der Waals surface area contributed by atoms with E-state index in [1.807, 2.05) is 24.3 Å². The highest BCUT2D eigenvalue weighted by Crippen LogP contribution is 2.22. The Hall–Kier alpha value is -1.10. The average molecular weight is 278 g/mol. The molecule has 1 aliphatic rings. The molecule has 2 rings (SSSR count). The molecule has 0 bridgehead atoms. The molecule has 1 saturated carbocycles. The molecule has 0 aliphatic heterocycles. The molecule has 1 atom stereocenters. The molecular formula is C16H26N2O2. The van der Waals surface area contributed by atoms with E-state index in [1.54, 1.807) is 0 Å². The zero-order valence-electron chi connectivity index (χ0n) is 12.3. The summed E-state index contributed by atoms with van der Waals surface area (Å²) in [4.78, 5) is 2.26. The molecule has 0 amide bonds. The highest BCUT2D eigenvalue weighted by molar-refractivity contribution is 5.28. The minimum atomic E-state index is -0.456. The number of ether oxygens (including phenoxy) is 1. The van der Waals surface area contributed by atoms with Gasteiger partial charge in [-0.3, -0.25) is 0 Å². The standard InChI is InChI=1S/C16H26N2O2/c1-18(14-6-2-3-7-14)11-15(19)12-20-16-8-4-5-13(9-16)10-17/h4-5,8-9,14-15,19H,2-3,6-7,10-12,17H2,1H3. The van der Waals surface area contributed by atoms with Crippen LogP contribution in [0, 0.1) is 0 Å². The summed E-state index contributed by atoms with van der Waals surface area (Å²) in [5.41, 5.74) is 6.64. The van der Waals surface area contributed by atoms with Gasteiger partial charge in [0.2, 0.25) is 0 Å². The van der Waals surface area contributed by atoms with Gasteiger partial charge in [0.1, 0.15) is 18.5 Å². The van der Waals surface area contributed by atoms with E-state index in [4.69, 9.17) is 10.5 Å². The summed E-state index contributed by atoms with van der Waals surface area (Å²) < 4.78 is 5.64. The summed E-state index contributed by atoms with van der Waals surface area (Å²) >= 11 is 0. The molecule has 20 heavy (non-hydrogen) atoms. The van der Waals surface area contributed by atoms with Crippen molar-refractivity contribution in [3.63, 3.8) is 0 Å². The Morgan fingerprint density at radius 1 is 1.40 bits per heavy atom. The molecule has 1 fully saturated rings. The van der Waals surface area contributed by atoms with Gasteiger partial charge >= 0.3 is 0 Å². The number of rotatable bonds is 7. The number of aliphatic hydroxyl groups is 1. The summed E-state index contributed by atoms with van der Waals surface area (Å²) in [5.74, 6) is 0.774. The first kappa shape index (κ1) is 15.3. The van der Waals surface area contributed by atoms with Crippen LogP contribution in [0.25, 0.3) is 0 Å². The van der Waals surface area contributed by atoms with Crippen molar-refractivity contribution in [2.45, 2.75) is 44.4 Å². The molecule has 0 heterocycles. The summed E-state index contributed by atoms with van der Waals surface area (Å²) in [6, 6.07) is 8.34. The van der Waals surface area contributed by atoms with Crippen molar-refractivity contribution >= 4 is 0 Å². The van der Waals surface area contributed by atoms with E-state index < -0.39 is 6.10 Å². The van der Waals surface area contributed by atoms with Gasteiger partial charge in [-0.1, -0.05) is 25.0 Å². The predicted molar refractivity (Wildman–Crippen MR) is 80.7 cm³/mol. The third kappa shape index (κ3) is 4.47. The van der Waals surface area contributed by atoms with Gasteiger partial charge in [0.05, 0.1) is 0 Å². The lowest BCUT2D eigenvalue weighted by Crippen LogP contribution is -2.38. The Kier molecular flexibility index (Phi) is 5.83. The van der Waals surface area contributed by atoms with Gasteiger partial charge in [-0.05, 0) is 37.6 Å². The number of hydrogen-bond donors (Lipinski definition) is 2. The molecule has 112 valence electrons. The normalized spacial score (nSPS) is 17.6. The molecule has 3 N–H and O–H groups in total. The summed E-state index contributed by atoms with van der Waals surface area (Å²) in [7, 11) is 2.09. The Balaban J connectivity index is 1.74. The second kappa shape index (κ2) is 7.62. The Bertz CT molecular complexity index is 405. The molecule has 4 nitrogen and oxygen atoms in total. The van der Waals surface area contributed by atoms with Gasteiger partial charge in [0.25, 0.3) is 0 Å². The minimum Gasteiger partial charge on any atom is -0.491 e. The number of benzene rings is 1. The largest absolute Gasteiger partial charge is 0.491 e. The lowest BCUT2D eigenvalue weighted by Gasteiger charge is -2.26. The Labute approximate surface area is 121 Å². The fourth-order valence-electron chi connectivity index (χ4n) is 2.83. The van der Waals surface area contributed by atoms with E-state index in [9.17, 15) is 5.11 Å². The van der Waals surface area contributed by atoms with Crippen molar-refractivity contribution in [2.24, 2.45) is 5.73 Å². The molecule has 1 unspecified atom stereocenters. The van der Waals surface area contributed by atoms with E-state index in [0.29, 0.717) is 25.7 Å². The highest BCUT2D eigenvalue weighted by atomic mass is 16.5. The number of nitrogens with two attached hydrogens (primary N) is 1. The van der Waals surface area contributed by atoms with Crippen LogP contribution in [0.1, 0.15) is 31.2 Å². The molecule has 4 heteroatoms. The molecule has 0 radical (unpaired) electrons. The van der Waals surface area contributed by atoms with Gasteiger partial charge < -0.3 is 20.5 Å². The minimum absolute atomic E-state index is 0.324. The van der Waals surface area contributed by atoms with Gasteiger partial charge in [-0.25, -0.2) is 0 Å². The molecule has 1 aromatic rings. The van der Waals surface area contributed by atoms with Gasteiger partial charge in [-0.2, -0.15) is 0 Å². The third-order valence-corrected chi connectivity index (χ3v) is 4.02. The maximum Gasteiger partial charge on any atom is 0.119 e. The fourth-order valence-corrected chi connectivity index (χ4v) is 2.83. The number of likely N-dealkylation sites (N-methyl/N-ethyl adjacent to an activating group) is 1. The average Bonchev–Trinajstić information content (AvgIpc) is 2.99. The third-order valence-electron chi connectivity index (χ3n) is 4.02. The lowest BCUT2D eigenvalue weighted by molar-refractivity contribution is 0.0638. The number of nitrogens with zero attached hydrogens (tertiary/aromatic N) is 1. The van der Waals surface area contributed by atoms with Crippen LogP contribution < -0.4 is 10.5 Å². The van der Waals surface area contributed by atoms with E-state index in [0.717, 1.165) is 11.3 Å². The van der Waals surface area contributed by atoms with Crippen molar-refractivity contribution in [2.75, 3.05) is 20.2 Å². The van der Waals surface area contributed by atoms with E-state index in [-0.39, 0.29) is 0 Å². The van der Waals surface area contributed by atoms with Gasteiger partial charge in [0, 0.05) is 19.1 Å². The Morgan fingerprint density at radius 2 is 2.15 bits per heavy atom. The SMILES string of the molecule is CN(CC(O)COc1cccc(CN)c1)C1CCCC1. The lowest BCUT2D eigenvalue weighted by atomic mass is 10.2. The van der Waals surface area contributed by atoms with E-state index in [1.165, 1.54) is 25.7 Å². The van der Waals surface area contributed by atoms with Crippen molar-refractivity contribution in [1.29, 1.82) is 0 Å². The summed E-state index contributed by atoms with van der Waals surface area (Å²) in [6.07, 6.45) is 4.67. The molecule has 1 aliphatic carbocycles. The van der Waals surface area contributed by atoms with E-state index in [2.05, 4.69) is 11.9 Å². The highest BCUT2D eigenvalue weighted by Gasteiger charge is 2.21. The molecule has 0 saturated heterocycles. The molecular weight excluding hydrogens is 252 g/mol. The number of aliphatic hydroxyl groups excluding tert-OH is 1. The van der Waals surface area contributed by atoms with Crippen LogP contribution in [-0.2, 0) is 6.54 Å². The zero-order valence-corrected chi connectivity index (χ0v) is 12.3. The molecule has 1 aromatic carbocycles. The smallest absolute Gasteiger partial charge is 0.119 e. The van der Waals surface area contributed by atoms with Crippen molar-refractivity contribution in [1.82, 2.24) is 4.90 Å². The van der Waals surface area contributed by atoms with Crippen LogP contribution in [0.15, 0.2) is 24.3 Å². The van der Waals surface area contributed by atoms with Crippen molar-refractivity contribution in [3.05, 3.63) is 29.8 Å². The van der Waals surface area contributed by atoms with Crippen LogP contribution in [-0.4, -0.2) is 42.4 Å². The fraction of sp³-hybridized carbons (Fsp3) is 0.625. The molecule has 0 aromatic heterocycles.